The monoisotopic (exact) mass is 1020 g/mol. The molecule has 0 radical (unpaired) electrons. The van der Waals surface area contributed by atoms with Gasteiger partial charge in [0.2, 0.25) is 0 Å². The number of anilines is 1. The number of aromatic nitrogens is 2. The number of H-pyrrole nitrogens is 2. The van der Waals surface area contributed by atoms with Crippen LogP contribution in [0.1, 0.15) is 32.7 Å². The number of rotatable bonds is 4. The molecule has 4 aliphatic rings. The van der Waals surface area contributed by atoms with Crippen molar-refractivity contribution in [3.05, 3.63) is 180 Å². The highest BCUT2D eigenvalue weighted by Crippen LogP contribution is 2.44. The van der Waals surface area contributed by atoms with Crippen LogP contribution in [0.25, 0.3) is 48.2 Å². The third-order valence-corrected chi connectivity index (χ3v) is 15.2. The van der Waals surface area contributed by atoms with Gasteiger partial charge in [-0.1, -0.05) is 91.0 Å². The molecule has 4 N–H and O–H groups in total. The lowest BCUT2D eigenvalue weighted by Gasteiger charge is -2.25. The SMILES string of the molecule is O=S(=O)(Cl)Cl.OC1(c2cccs2)C=CC=c2c1c1[nH]c2=NC2=NC(=Nc3[nH]c(c4cccc(-c5cccs5)c34)NC3=NC(=N1)c1cccc(-c4cccs4)c13)c1cccc(-c3cccs3)c12.[AlH3]. The Kier molecular flexibility index (Phi) is 11.1. The molecule has 19 heteroatoms. The third-order valence-electron chi connectivity index (χ3n) is 11.4. The Morgan fingerprint density at radius 2 is 1.15 bits per heavy atom. The van der Waals surface area contributed by atoms with E-state index in [4.69, 9.17) is 33.4 Å². The molecular formula is C48H31AlCl2N8O3S5. The van der Waals surface area contributed by atoms with E-state index in [-0.39, 0.29) is 17.4 Å². The standard InChI is InChI=1S/C48H28N8OS4.Al.Cl2O2S.3H/c57-48(35-19-8-24-61-35)20-4-15-31-39(48)47-55-42-30-14-3-11-27(34-18-7-23-60-34)38(30)45(53-42)51-40-28-12-1-9-25(32-16-5-21-58-32)36(28)44(49-40)50-41-29-13-2-10-26(33-17-6-22-59-33)37(29)46(52-41)54-43(31)56-47;;1-5(2,3)4;;;/h1-24,49,57H,(H,51,53,55)(H,50,52,54,56);;;;;. The van der Waals surface area contributed by atoms with Crippen molar-refractivity contribution in [1.82, 2.24) is 9.97 Å². The maximum Gasteiger partial charge on any atom is 0.317 e. The van der Waals surface area contributed by atoms with Gasteiger partial charge in [-0.3, -0.25) is 0 Å². The van der Waals surface area contributed by atoms with Crippen LogP contribution in [0.5, 0.6) is 0 Å². The van der Waals surface area contributed by atoms with Gasteiger partial charge >= 0.3 is 8.26 Å². The zero-order valence-corrected chi connectivity index (χ0v) is 39.2. The number of aliphatic hydroxyl groups is 1. The molecule has 6 aromatic heterocycles. The number of thiophene rings is 4. The van der Waals surface area contributed by atoms with E-state index in [1.54, 1.807) is 34.0 Å². The maximum atomic E-state index is 12.7. The molecule has 0 fully saturated rings. The summed E-state index contributed by atoms with van der Waals surface area (Å²) in [4.78, 5) is 38.1. The fraction of sp³-hybridized carbons (Fsp3) is 0.0208. The molecule has 1 atom stereocenters. The van der Waals surface area contributed by atoms with E-state index >= 15 is 0 Å². The summed E-state index contributed by atoms with van der Waals surface area (Å²) in [5, 5.41) is 27.4. The first kappa shape index (κ1) is 43.7. The van der Waals surface area contributed by atoms with Gasteiger partial charge in [0.1, 0.15) is 34.4 Å². The number of nitrogens with one attached hydrogen (secondary N) is 3. The van der Waals surface area contributed by atoms with E-state index in [2.05, 4.69) is 144 Å². The number of nitrogens with zero attached hydrogens (tertiary/aromatic N) is 5. The predicted molar refractivity (Wildman–Crippen MR) is 283 cm³/mol. The Morgan fingerprint density at radius 3 is 1.81 bits per heavy atom. The number of aliphatic imine (C=N–C) groups is 4. The smallest absolute Gasteiger partial charge is 0.317 e. The number of hydrogen-bond donors (Lipinski definition) is 4. The van der Waals surface area contributed by atoms with Crippen LogP contribution in [0.15, 0.2) is 162 Å². The van der Waals surface area contributed by atoms with E-state index in [9.17, 15) is 5.11 Å². The van der Waals surface area contributed by atoms with Crippen LogP contribution in [-0.4, -0.2) is 64.2 Å². The molecule has 3 aromatic carbocycles. The summed E-state index contributed by atoms with van der Waals surface area (Å²) < 4.78 is 18.3. The Hall–Kier alpha value is -5.81. The summed E-state index contributed by atoms with van der Waals surface area (Å²) in [5.74, 6) is 4.06. The molecule has 9 aromatic rings. The lowest BCUT2D eigenvalue weighted by atomic mass is 9.89. The molecule has 1 unspecified atom stereocenters. The van der Waals surface area contributed by atoms with Gasteiger partial charge in [0.15, 0.2) is 34.9 Å². The van der Waals surface area contributed by atoms with Gasteiger partial charge in [-0.05, 0) is 51.9 Å². The van der Waals surface area contributed by atoms with Crippen molar-refractivity contribution in [1.29, 1.82) is 0 Å². The summed E-state index contributed by atoms with van der Waals surface area (Å²) >= 11 is 6.53. The van der Waals surface area contributed by atoms with E-state index in [0.29, 0.717) is 46.0 Å². The first-order valence-corrected chi connectivity index (χ1v) is 26.8. The molecule has 13 rings (SSSR count). The minimum Gasteiger partial charge on any atom is -0.376 e. The number of fused-ring (bicyclic) bond motifs is 18. The summed E-state index contributed by atoms with van der Waals surface area (Å²) in [6.07, 6.45) is 5.69. The predicted octanol–water partition coefficient (Wildman–Crippen LogP) is 10.3. The number of halogens is 2. The number of amidine groups is 4. The van der Waals surface area contributed by atoms with Crippen molar-refractivity contribution in [2.75, 3.05) is 5.32 Å². The molecular weight excluding hydrogens is 995 g/mol. The van der Waals surface area contributed by atoms with Gasteiger partial charge in [0.25, 0.3) is 0 Å². The van der Waals surface area contributed by atoms with Gasteiger partial charge in [-0.15, -0.1) is 45.3 Å². The van der Waals surface area contributed by atoms with Crippen molar-refractivity contribution in [2.24, 2.45) is 25.0 Å². The molecule has 8 bridgehead atoms. The quantitative estimate of drug-likeness (QED) is 0.102. The van der Waals surface area contributed by atoms with E-state index in [1.165, 1.54) is 11.3 Å². The van der Waals surface area contributed by atoms with Crippen molar-refractivity contribution in [3.8, 4) is 31.3 Å². The first-order chi connectivity index (χ1) is 32.1. The van der Waals surface area contributed by atoms with Gasteiger partial charge in [0.05, 0.1) is 0 Å². The van der Waals surface area contributed by atoms with Gasteiger partial charge in [-0.25, -0.2) is 25.0 Å². The molecule has 9 heterocycles. The molecule has 0 spiro atoms. The van der Waals surface area contributed by atoms with Crippen LogP contribution in [0.3, 0.4) is 0 Å². The highest BCUT2D eigenvalue weighted by Gasteiger charge is 2.38. The van der Waals surface area contributed by atoms with Crippen molar-refractivity contribution >= 4 is 150 Å². The molecule has 11 nitrogen and oxygen atoms in total. The van der Waals surface area contributed by atoms with Crippen molar-refractivity contribution < 1.29 is 13.5 Å². The molecule has 328 valence electrons. The second-order valence-corrected chi connectivity index (χ2v) is 22.7. The molecule has 3 aliphatic heterocycles. The Labute approximate surface area is 417 Å². The number of allylic oxidation sites excluding steroid dienone is 1. The molecule has 1 aliphatic carbocycles. The second-order valence-electron chi connectivity index (χ2n) is 15.2. The molecule has 0 saturated carbocycles. The summed E-state index contributed by atoms with van der Waals surface area (Å²) in [5.41, 5.74) is 6.31. The second kappa shape index (κ2) is 17.1. The maximum absolute atomic E-state index is 12.7. The Balaban J connectivity index is 0.000000785. The van der Waals surface area contributed by atoms with Gasteiger partial charge < -0.3 is 20.4 Å². The van der Waals surface area contributed by atoms with Crippen LogP contribution in [0.2, 0.25) is 0 Å². The van der Waals surface area contributed by atoms with Crippen molar-refractivity contribution in [3.63, 3.8) is 0 Å². The molecule has 67 heavy (non-hydrogen) atoms. The molecule has 0 amide bonds. The topological polar surface area (TPSA) is 160 Å². The molecule has 0 saturated heterocycles. The lowest BCUT2D eigenvalue weighted by molar-refractivity contribution is 0.137. The summed E-state index contributed by atoms with van der Waals surface area (Å²) in [6.45, 7) is 0. The van der Waals surface area contributed by atoms with E-state index < -0.39 is 13.9 Å². The fourth-order valence-corrected chi connectivity index (χ4v) is 11.9. The fourth-order valence-electron chi connectivity index (χ4n) is 8.82. The average molecular weight is 1030 g/mol. The van der Waals surface area contributed by atoms with Gasteiger partial charge in [-0.2, -0.15) is 8.42 Å². The highest BCUT2D eigenvalue weighted by molar-refractivity contribution is 8.31. The van der Waals surface area contributed by atoms with Gasteiger partial charge in [0, 0.05) is 101 Å². The first-order valence-electron chi connectivity index (χ1n) is 20.2. The Bertz CT molecular complexity index is 3850. The third kappa shape index (κ3) is 7.65. The average Bonchev–Trinajstić information content (AvgIpc) is 4.15. The van der Waals surface area contributed by atoms with Crippen LogP contribution in [0.4, 0.5) is 17.5 Å². The minimum absolute atomic E-state index is 0. The van der Waals surface area contributed by atoms with Crippen LogP contribution >= 0.6 is 66.7 Å². The number of benzene rings is 3. The van der Waals surface area contributed by atoms with Crippen LogP contribution < -0.4 is 16.0 Å². The highest BCUT2D eigenvalue weighted by atomic mass is 36.0. The largest absolute Gasteiger partial charge is 0.376 e. The Morgan fingerprint density at radius 1 is 0.582 bits per heavy atom. The van der Waals surface area contributed by atoms with E-state index in [1.807, 2.05) is 35.7 Å². The zero-order valence-electron chi connectivity index (χ0n) is 33.7. The lowest BCUT2D eigenvalue weighted by Crippen LogP contribution is -2.36. The van der Waals surface area contributed by atoms with Crippen LogP contribution in [-0.2, 0) is 13.9 Å². The zero-order chi connectivity index (χ0) is 44.7. The normalized spacial score (nSPS) is 16.4. The number of hydrogen-bond acceptors (Lipinski definition) is 13. The number of aromatic amines is 2. The van der Waals surface area contributed by atoms with E-state index in [0.717, 1.165) is 80.3 Å². The minimum atomic E-state index is -3.72. The van der Waals surface area contributed by atoms with Crippen LogP contribution in [0, 0.1) is 0 Å². The summed E-state index contributed by atoms with van der Waals surface area (Å²) in [6, 6.07) is 35.3. The van der Waals surface area contributed by atoms with Crippen molar-refractivity contribution in [2.45, 2.75) is 5.60 Å². The summed E-state index contributed by atoms with van der Waals surface area (Å²) in [7, 11) is 4.81.